The van der Waals surface area contributed by atoms with Crippen LogP contribution in [0.3, 0.4) is 0 Å². The monoisotopic (exact) mass is 337 g/mol. The summed E-state index contributed by atoms with van der Waals surface area (Å²) in [5, 5.41) is 2.66. The van der Waals surface area contributed by atoms with Gasteiger partial charge in [0, 0.05) is 30.5 Å². The van der Waals surface area contributed by atoms with Crippen LogP contribution in [0, 0.1) is 11.8 Å². The highest BCUT2D eigenvalue weighted by Crippen LogP contribution is 2.07. The molecular weight excluding hydrogens is 310 g/mol. The minimum Gasteiger partial charge on any atom is -0.463 e. The van der Waals surface area contributed by atoms with Crippen molar-refractivity contribution in [1.82, 2.24) is 5.32 Å². The molecule has 0 aromatic heterocycles. The number of carbonyl (C=O) groups is 4. The molecule has 0 bridgehead atoms. The normalized spacial score (nSPS) is 12.5. The fraction of sp³-hybridized carbons (Fsp3) is 0.556. The van der Waals surface area contributed by atoms with Crippen molar-refractivity contribution in [3.8, 4) is 0 Å². The quantitative estimate of drug-likeness (QED) is 0.354. The SMILES string of the molecule is CCOC(=O)/C=C/C(=O)C(C)CCCNC(=O)/C=C\C(=O)C(C)C. The molecule has 0 saturated carbocycles. The van der Waals surface area contributed by atoms with Gasteiger partial charge in [-0.25, -0.2) is 4.79 Å². The van der Waals surface area contributed by atoms with Gasteiger partial charge in [-0.15, -0.1) is 0 Å². The van der Waals surface area contributed by atoms with Crippen LogP contribution < -0.4 is 5.32 Å². The van der Waals surface area contributed by atoms with Crippen LogP contribution in [-0.4, -0.2) is 36.6 Å². The van der Waals surface area contributed by atoms with Gasteiger partial charge in [-0.2, -0.15) is 0 Å². The Morgan fingerprint density at radius 1 is 0.958 bits per heavy atom. The summed E-state index contributed by atoms with van der Waals surface area (Å²) in [6.07, 6.45) is 6.05. The van der Waals surface area contributed by atoms with Crippen molar-refractivity contribution in [3.05, 3.63) is 24.3 Å². The summed E-state index contributed by atoms with van der Waals surface area (Å²) in [7, 11) is 0. The van der Waals surface area contributed by atoms with Gasteiger partial charge >= 0.3 is 5.97 Å². The lowest BCUT2D eigenvalue weighted by molar-refractivity contribution is -0.137. The van der Waals surface area contributed by atoms with Crippen LogP contribution >= 0.6 is 0 Å². The highest BCUT2D eigenvalue weighted by Gasteiger charge is 2.10. The van der Waals surface area contributed by atoms with E-state index in [0.717, 1.165) is 6.08 Å². The zero-order chi connectivity index (χ0) is 18.5. The molecule has 0 rings (SSSR count). The molecule has 0 aliphatic heterocycles. The molecule has 1 N–H and O–H groups in total. The average molecular weight is 337 g/mol. The number of rotatable bonds is 11. The number of esters is 1. The molecule has 1 amide bonds. The third kappa shape index (κ3) is 10.5. The average Bonchev–Trinajstić information content (AvgIpc) is 2.54. The Morgan fingerprint density at radius 3 is 2.17 bits per heavy atom. The molecule has 1 atom stereocenters. The molecule has 0 aromatic rings. The van der Waals surface area contributed by atoms with Gasteiger partial charge in [-0.3, -0.25) is 14.4 Å². The van der Waals surface area contributed by atoms with Gasteiger partial charge in [0.15, 0.2) is 11.6 Å². The lowest BCUT2D eigenvalue weighted by Crippen LogP contribution is -2.23. The topological polar surface area (TPSA) is 89.5 Å². The molecule has 134 valence electrons. The maximum atomic E-state index is 11.8. The molecule has 24 heavy (non-hydrogen) atoms. The fourth-order valence-corrected chi connectivity index (χ4v) is 1.68. The van der Waals surface area contributed by atoms with Gasteiger partial charge in [0.05, 0.1) is 6.61 Å². The lowest BCUT2D eigenvalue weighted by Gasteiger charge is -2.08. The third-order valence-corrected chi connectivity index (χ3v) is 3.24. The molecule has 1 unspecified atom stereocenters. The van der Waals surface area contributed by atoms with E-state index in [9.17, 15) is 19.2 Å². The van der Waals surface area contributed by atoms with E-state index in [2.05, 4.69) is 5.32 Å². The van der Waals surface area contributed by atoms with Gasteiger partial charge in [0.2, 0.25) is 5.91 Å². The summed E-state index contributed by atoms with van der Waals surface area (Å²) >= 11 is 0. The Bertz CT molecular complexity index is 506. The summed E-state index contributed by atoms with van der Waals surface area (Å²) in [6, 6.07) is 0. The summed E-state index contributed by atoms with van der Waals surface area (Å²) in [5.41, 5.74) is 0. The van der Waals surface area contributed by atoms with Crippen LogP contribution in [0.4, 0.5) is 0 Å². The van der Waals surface area contributed by atoms with Gasteiger partial charge < -0.3 is 10.1 Å². The molecule has 0 saturated heterocycles. The van der Waals surface area contributed by atoms with Crippen LogP contribution in [0.1, 0.15) is 40.5 Å². The first-order chi connectivity index (χ1) is 11.3. The zero-order valence-corrected chi connectivity index (χ0v) is 14.8. The maximum absolute atomic E-state index is 11.8. The Hall–Kier alpha value is -2.24. The molecule has 0 aromatic carbocycles. The molecule has 0 radical (unpaired) electrons. The summed E-state index contributed by atoms with van der Waals surface area (Å²) in [4.78, 5) is 45.8. The standard InChI is InChI=1S/C18H27NO5/c1-5-24-18(23)11-9-16(21)14(4)7-6-12-19-17(22)10-8-15(20)13(2)3/h8-11,13-14H,5-7,12H2,1-4H3,(H,19,22)/b10-8-,11-9+. The highest BCUT2D eigenvalue weighted by atomic mass is 16.5. The van der Waals surface area contributed by atoms with Gasteiger partial charge in [0.1, 0.15) is 0 Å². The second-order valence-corrected chi connectivity index (χ2v) is 5.71. The number of carbonyl (C=O) groups excluding carboxylic acids is 4. The Labute approximate surface area is 143 Å². The van der Waals surface area contributed by atoms with E-state index in [1.165, 1.54) is 18.2 Å². The van der Waals surface area contributed by atoms with E-state index in [1.54, 1.807) is 27.7 Å². The maximum Gasteiger partial charge on any atom is 0.330 e. The molecule has 0 heterocycles. The number of ether oxygens (including phenoxy) is 1. The van der Waals surface area contributed by atoms with E-state index < -0.39 is 5.97 Å². The summed E-state index contributed by atoms with van der Waals surface area (Å²) < 4.78 is 4.70. The number of amides is 1. The van der Waals surface area contributed by atoms with E-state index >= 15 is 0 Å². The van der Waals surface area contributed by atoms with Crippen LogP contribution in [0.2, 0.25) is 0 Å². The minimum absolute atomic E-state index is 0.0993. The Kier molecular flexibility index (Phi) is 11.1. The molecule has 6 heteroatoms. The summed E-state index contributed by atoms with van der Waals surface area (Å²) in [6.45, 7) is 7.67. The van der Waals surface area contributed by atoms with Crippen molar-refractivity contribution >= 4 is 23.4 Å². The van der Waals surface area contributed by atoms with Gasteiger partial charge in [-0.1, -0.05) is 20.8 Å². The molecule has 0 aliphatic carbocycles. The number of ketones is 2. The van der Waals surface area contributed by atoms with E-state index in [-0.39, 0.29) is 35.9 Å². The van der Waals surface area contributed by atoms with Crippen molar-refractivity contribution in [2.45, 2.75) is 40.5 Å². The Balaban J connectivity index is 4.02. The van der Waals surface area contributed by atoms with Crippen LogP contribution in [0.5, 0.6) is 0 Å². The van der Waals surface area contributed by atoms with Crippen LogP contribution in [0.15, 0.2) is 24.3 Å². The van der Waals surface area contributed by atoms with E-state index in [1.807, 2.05) is 0 Å². The van der Waals surface area contributed by atoms with Gasteiger partial charge in [0.25, 0.3) is 0 Å². The first-order valence-electron chi connectivity index (χ1n) is 8.16. The molecule has 0 spiro atoms. The van der Waals surface area contributed by atoms with Crippen LogP contribution in [-0.2, 0) is 23.9 Å². The van der Waals surface area contributed by atoms with Crippen molar-refractivity contribution in [1.29, 1.82) is 0 Å². The van der Waals surface area contributed by atoms with Gasteiger partial charge in [-0.05, 0) is 31.9 Å². The zero-order valence-electron chi connectivity index (χ0n) is 14.8. The first-order valence-corrected chi connectivity index (χ1v) is 8.16. The number of nitrogens with one attached hydrogen (secondary N) is 1. The molecule has 6 nitrogen and oxygen atoms in total. The van der Waals surface area contributed by atoms with Crippen molar-refractivity contribution < 1.29 is 23.9 Å². The third-order valence-electron chi connectivity index (χ3n) is 3.24. The smallest absolute Gasteiger partial charge is 0.330 e. The molecule has 0 aliphatic rings. The Morgan fingerprint density at radius 2 is 1.58 bits per heavy atom. The number of hydrogen-bond donors (Lipinski definition) is 1. The summed E-state index contributed by atoms with van der Waals surface area (Å²) in [5.74, 6) is -1.50. The van der Waals surface area contributed by atoms with Crippen molar-refractivity contribution in [2.75, 3.05) is 13.2 Å². The first kappa shape index (κ1) is 21.8. The fourth-order valence-electron chi connectivity index (χ4n) is 1.68. The van der Waals surface area contributed by atoms with Crippen molar-refractivity contribution in [3.63, 3.8) is 0 Å². The van der Waals surface area contributed by atoms with E-state index in [4.69, 9.17) is 4.74 Å². The second-order valence-electron chi connectivity index (χ2n) is 5.71. The molecule has 0 fully saturated rings. The van der Waals surface area contributed by atoms with E-state index in [0.29, 0.717) is 19.4 Å². The van der Waals surface area contributed by atoms with Crippen molar-refractivity contribution in [2.24, 2.45) is 11.8 Å². The minimum atomic E-state index is -0.534. The highest BCUT2D eigenvalue weighted by molar-refractivity contribution is 5.98. The molecular formula is C18H27NO5. The second kappa shape index (κ2) is 12.2. The predicted octanol–water partition coefficient (Wildman–Crippen LogP) is 1.99. The lowest BCUT2D eigenvalue weighted by atomic mass is 10.00. The number of hydrogen-bond acceptors (Lipinski definition) is 5. The number of allylic oxidation sites excluding steroid dienone is 2. The predicted molar refractivity (Wildman–Crippen MR) is 91.2 cm³/mol. The van der Waals surface area contributed by atoms with Crippen LogP contribution in [0.25, 0.3) is 0 Å². The largest absolute Gasteiger partial charge is 0.463 e.